The quantitative estimate of drug-likeness (QED) is 0.761. The van der Waals surface area contributed by atoms with Gasteiger partial charge in [-0.3, -0.25) is 4.79 Å². The molecule has 0 aromatic heterocycles. The Morgan fingerprint density at radius 3 is 2.75 bits per heavy atom. The highest BCUT2D eigenvalue weighted by molar-refractivity contribution is 9.10. The molecule has 1 aromatic carbocycles. The summed E-state index contributed by atoms with van der Waals surface area (Å²) in [6, 6.07) is 7.87. The second-order valence-corrected chi connectivity index (χ2v) is 5.96. The summed E-state index contributed by atoms with van der Waals surface area (Å²) in [5.74, 6) is -0.0336. The molecule has 2 N–H and O–H groups in total. The number of aryl methyl sites for hydroxylation is 1. The largest absolute Gasteiger partial charge is 0.396 e. The third-order valence-electron chi connectivity index (χ3n) is 3.15. The molecule has 0 spiro atoms. The van der Waals surface area contributed by atoms with E-state index in [2.05, 4.69) is 21.2 Å². The van der Waals surface area contributed by atoms with Gasteiger partial charge in [-0.25, -0.2) is 0 Å². The van der Waals surface area contributed by atoms with Crippen molar-refractivity contribution < 1.29 is 14.6 Å². The van der Waals surface area contributed by atoms with Gasteiger partial charge in [-0.05, 0) is 31.4 Å². The topological polar surface area (TPSA) is 58.6 Å². The van der Waals surface area contributed by atoms with E-state index >= 15 is 0 Å². The lowest BCUT2D eigenvalue weighted by atomic mass is 9.98. The summed E-state index contributed by atoms with van der Waals surface area (Å²) in [7, 11) is 1.59. The van der Waals surface area contributed by atoms with Gasteiger partial charge in [0, 0.05) is 24.6 Å². The lowest BCUT2D eigenvalue weighted by molar-refractivity contribution is -0.123. The summed E-state index contributed by atoms with van der Waals surface area (Å²) in [6.45, 7) is 2.28. The number of hydrogen-bond donors (Lipinski definition) is 2. The molecule has 0 fully saturated rings. The van der Waals surface area contributed by atoms with Gasteiger partial charge in [-0.2, -0.15) is 0 Å². The van der Waals surface area contributed by atoms with Crippen LogP contribution in [-0.2, 0) is 16.0 Å². The number of hydrogen-bond acceptors (Lipinski definition) is 3. The molecule has 112 valence electrons. The van der Waals surface area contributed by atoms with Crippen LogP contribution in [0.2, 0.25) is 0 Å². The Labute approximate surface area is 128 Å². The summed E-state index contributed by atoms with van der Waals surface area (Å²) in [6.07, 6.45) is 1.56. The zero-order chi connectivity index (χ0) is 15.0. The van der Waals surface area contributed by atoms with E-state index in [4.69, 9.17) is 9.84 Å². The van der Waals surface area contributed by atoms with Crippen LogP contribution in [0.25, 0.3) is 0 Å². The normalized spacial score (nSPS) is 13.8. The van der Waals surface area contributed by atoms with E-state index in [0.717, 1.165) is 10.0 Å². The van der Waals surface area contributed by atoms with Crippen LogP contribution >= 0.6 is 15.9 Å². The van der Waals surface area contributed by atoms with Gasteiger partial charge in [-0.1, -0.05) is 34.1 Å². The van der Waals surface area contributed by atoms with Crippen LogP contribution in [0, 0.1) is 0 Å². The first-order valence-electron chi connectivity index (χ1n) is 6.65. The maximum atomic E-state index is 12.0. The number of rotatable bonds is 8. The molecular formula is C15H22BrNO3. The average molecular weight is 344 g/mol. The second kappa shape index (κ2) is 8.39. The minimum atomic E-state index is -0.519. The van der Waals surface area contributed by atoms with E-state index in [-0.39, 0.29) is 12.5 Å². The molecule has 1 aromatic rings. The van der Waals surface area contributed by atoms with Gasteiger partial charge in [0.05, 0.1) is 12.1 Å². The van der Waals surface area contributed by atoms with Crippen molar-refractivity contribution in [1.29, 1.82) is 0 Å². The maximum absolute atomic E-state index is 12.0. The van der Waals surface area contributed by atoms with Crippen LogP contribution < -0.4 is 5.32 Å². The number of halogens is 1. The van der Waals surface area contributed by atoms with Gasteiger partial charge >= 0.3 is 0 Å². The van der Waals surface area contributed by atoms with Gasteiger partial charge in [0.25, 0.3) is 0 Å². The molecule has 0 aliphatic carbocycles. The van der Waals surface area contributed by atoms with Crippen molar-refractivity contribution in [3.05, 3.63) is 34.3 Å². The first kappa shape index (κ1) is 17.1. The average Bonchev–Trinajstić information content (AvgIpc) is 2.38. The minimum absolute atomic E-state index is 0.0182. The van der Waals surface area contributed by atoms with E-state index in [1.165, 1.54) is 0 Å². The predicted molar refractivity (Wildman–Crippen MR) is 82.6 cm³/mol. The number of carbonyl (C=O) groups is 1. The monoisotopic (exact) mass is 343 g/mol. The fourth-order valence-electron chi connectivity index (χ4n) is 2.08. The number of amides is 1. The van der Waals surface area contributed by atoms with Crippen LogP contribution in [-0.4, -0.2) is 36.9 Å². The van der Waals surface area contributed by atoms with Crippen LogP contribution in [0.5, 0.6) is 0 Å². The predicted octanol–water partition coefficient (Wildman–Crippen LogP) is 2.29. The Hall–Kier alpha value is -0.910. The third-order valence-corrected chi connectivity index (χ3v) is 3.92. The zero-order valence-corrected chi connectivity index (χ0v) is 13.6. The van der Waals surface area contributed by atoms with Crippen molar-refractivity contribution in [2.45, 2.75) is 31.7 Å². The highest BCUT2D eigenvalue weighted by atomic mass is 79.9. The highest BCUT2D eigenvalue weighted by Gasteiger charge is 2.25. The molecule has 0 bridgehead atoms. The molecule has 1 rings (SSSR count). The number of benzene rings is 1. The van der Waals surface area contributed by atoms with E-state index < -0.39 is 5.54 Å². The van der Waals surface area contributed by atoms with Crippen LogP contribution in [0.15, 0.2) is 28.7 Å². The molecule has 1 atom stereocenters. The van der Waals surface area contributed by atoms with Gasteiger partial charge < -0.3 is 15.2 Å². The third kappa shape index (κ3) is 5.61. The standard InChI is InChI=1S/C15H22BrNO3/c1-15(9-10-18,11-20-2)17-14(19)8-7-12-5-3-4-6-13(12)16/h3-6,18H,7-11H2,1-2H3,(H,17,19). The number of aliphatic hydroxyl groups is 1. The molecule has 0 saturated carbocycles. The molecule has 0 radical (unpaired) electrons. The smallest absolute Gasteiger partial charge is 0.220 e. The Morgan fingerprint density at radius 2 is 2.15 bits per heavy atom. The van der Waals surface area contributed by atoms with Crippen LogP contribution in [0.4, 0.5) is 0 Å². The van der Waals surface area contributed by atoms with Gasteiger partial charge in [-0.15, -0.1) is 0 Å². The molecular weight excluding hydrogens is 322 g/mol. The van der Waals surface area contributed by atoms with Crippen LogP contribution in [0.3, 0.4) is 0 Å². The summed E-state index contributed by atoms with van der Waals surface area (Å²) in [5, 5.41) is 12.0. The van der Waals surface area contributed by atoms with Crippen molar-refractivity contribution in [2.24, 2.45) is 0 Å². The molecule has 1 unspecified atom stereocenters. The van der Waals surface area contributed by atoms with Gasteiger partial charge in [0.15, 0.2) is 0 Å². The van der Waals surface area contributed by atoms with Gasteiger partial charge in [0.2, 0.25) is 5.91 Å². The van der Waals surface area contributed by atoms with E-state index in [1.54, 1.807) is 7.11 Å². The van der Waals surface area contributed by atoms with Crippen molar-refractivity contribution in [1.82, 2.24) is 5.32 Å². The number of aliphatic hydroxyl groups excluding tert-OH is 1. The molecule has 20 heavy (non-hydrogen) atoms. The lowest BCUT2D eigenvalue weighted by Crippen LogP contribution is -2.50. The molecule has 0 heterocycles. The molecule has 0 aliphatic heterocycles. The lowest BCUT2D eigenvalue weighted by Gasteiger charge is -2.29. The Balaban J connectivity index is 2.52. The number of carbonyl (C=O) groups excluding carboxylic acids is 1. The maximum Gasteiger partial charge on any atom is 0.220 e. The number of methoxy groups -OCH3 is 1. The summed E-state index contributed by atoms with van der Waals surface area (Å²) >= 11 is 3.47. The SMILES string of the molecule is COCC(C)(CCO)NC(=O)CCc1ccccc1Br. The van der Waals surface area contributed by atoms with Gasteiger partial charge in [0.1, 0.15) is 0 Å². The fourth-order valence-corrected chi connectivity index (χ4v) is 2.57. The van der Waals surface area contributed by atoms with Crippen molar-refractivity contribution in [3.63, 3.8) is 0 Å². The molecule has 5 heteroatoms. The van der Waals surface area contributed by atoms with Crippen molar-refractivity contribution in [3.8, 4) is 0 Å². The fraction of sp³-hybridized carbons (Fsp3) is 0.533. The van der Waals surface area contributed by atoms with E-state index in [1.807, 2.05) is 31.2 Å². The second-order valence-electron chi connectivity index (χ2n) is 5.11. The van der Waals surface area contributed by atoms with Crippen molar-refractivity contribution in [2.75, 3.05) is 20.3 Å². The van der Waals surface area contributed by atoms with E-state index in [9.17, 15) is 4.79 Å². The molecule has 1 amide bonds. The Bertz CT molecular complexity index is 431. The zero-order valence-electron chi connectivity index (χ0n) is 12.0. The van der Waals surface area contributed by atoms with Crippen LogP contribution in [0.1, 0.15) is 25.3 Å². The Morgan fingerprint density at radius 1 is 1.45 bits per heavy atom. The molecule has 0 aliphatic rings. The summed E-state index contributed by atoms with van der Waals surface area (Å²) < 4.78 is 6.13. The molecule has 4 nitrogen and oxygen atoms in total. The summed E-state index contributed by atoms with van der Waals surface area (Å²) in [5.41, 5.74) is 0.590. The van der Waals surface area contributed by atoms with Crippen molar-refractivity contribution >= 4 is 21.8 Å². The number of ether oxygens (including phenoxy) is 1. The first-order valence-corrected chi connectivity index (χ1v) is 7.44. The Kier molecular flexibility index (Phi) is 7.19. The first-order chi connectivity index (χ1) is 9.50. The number of nitrogens with one attached hydrogen (secondary N) is 1. The molecule has 0 saturated heterocycles. The minimum Gasteiger partial charge on any atom is -0.396 e. The van der Waals surface area contributed by atoms with E-state index in [0.29, 0.717) is 25.9 Å². The summed E-state index contributed by atoms with van der Waals surface area (Å²) in [4.78, 5) is 12.0. The highest BCUT2D eigenvalue weighted by Crippen LogP contribution is 2.18.